The Balaban J connectivity index is 2.01. The Labute approximate surface area is 235 Å². The summed E-state index contributed by atoms with van der Waals surface area (Å²) in [6.45, 7) is 25.0. The second kappa shape index (κ2) is 9.27. The van der Waals surface area contributed by atoms with Crippen LogP contribution in [0.25, 0.3) is 0 Å². The van der Waals surface area contributed by atoms with Gasteiger partial charge in [0, 0.05) is 19.3 Å². The minimum atomic E-state index is -0.982. The summed E-state index contributed by atoms with van der Waals surface area (Å²) in [5, 5.41) is 0. The molecule has 39 heavy (non-hydrogen) atoms. The summed E-state index contributed by atoms with van der Waals surface area (Å²) >= 11 is 0. The van der Waals surface area contributed by atoms with Crippen LogP contribution in [-0.4, -0.2) is 46.3 Å². The second-order valence-electron chi connectivity index (χ2n) is 16.7. The van der Waals surface area contributed by atoms with E-state index in [4.69, 9.17) is 23.7 Å². The monoisotopic (exact) mass is 552 g/mol. The SMILES string of the molecule is CC(C)(C)OC(=O)OC12CC3CC(OC(=O)OC(C)(C)C)(C1)CC(OC(=O)C(C)(C(C)(C)C)C(C)(C)C)(C3)C2. The van der Waals surface area contributed by atoms with Gasteiger partial charge in [0.1, 0.15) is 28.0 Å². The number of hydrogen-bond donors (Lipinski definition) is 0. The van der Waals surface area contributed by atoms with Gasteiger partial charge in [-0.05, 0) is 84.5 Å². The van der Waals surface area contributed by atoms with Crippen LogP contribution in [0.1, 0.15) is 129 Å². The molecule has 4 rings (SSSR count). The van der Waals surface area contributed by atoms with E-state index in [0.29, 0.717) is 38.5 Å². The Morgan fingerprint density at radius 2 is 0.846 bits per heavy atom. The Morgan fingerprint density at radius 1 is 0.538 bits per heavy atom. The first-order valence-corrected chi connectivity index (χ1v) is 14.3. The summed E-state index contributed by atoms with van der Waals surface area (Å²) < 4.78 is 29.8. The summed E-state index contributed by atoms with van der Waals surface area (Å²) in [7, 11) is 0. The molecule has 0 aromatic carbocycles. The maximum atomic E-state index is 14.2. The molecule has 0 aromatic heterocycles. The number of esters is 1. The van der Waals surface area contributed by atoms with Gasteiger partial charge in [-0.2, -0.15) is 0 Å². The lowest BCUT2D eigenvalue weighted by Gasteiger charge is -2.64. The smallest absolute Gasteiger partial charge is 0.458 e. The fourth-order valence-electron chi connectivity index (χ4n) is 7.45. The molecule has 2 atom stereocenters. The third-order valence-electron chi connectivity index (χ3n) is 9.01. The summed E-state index contributed by atoms with van der Waals surface area (Å²) in [4.78, 5) is 40.0. The van der Waals surface area contributed by atoms with Gasteiger partial charge < -0.3 is 23.7 Å². The molecule has 0 radical (unpaired) electrons. The Kier molecular flexibility index (Phi) is 7.49. The molecule has 4 saturated carbocycles. The molecule has 0 amide bonds. The number of ether oxygens (including phenoxy) is 5. The first-order chi connectivity index (χ1) is 17.2. The van der Waals surface area contributed by atoms with Gasteiger partial charge in [0.2, 0.25) is 0 Å². The van der Waals surface area contributed by atoms with Gasteiger partial charge in [-0.1, -0.05) is 41.5 Å². The summed E-state index contributed by atoms with van der Waals surface area (Å²) in [6.07, 6.45) is 1.27. The van der Waals surface area contributed by atoms with Crippen LogP contribution in [0.3, 0.4) is 0 Å². The van der Waals surface area contributed by atoms with Crippen molar-refractivity contribution in [2.24, 2.45) is 22.2 Å². The quantitative estimate of drug-likeness (QED) is 0.258. The molecule has 4 aliphatic carbocycles. The molecule has 0 heterocycles. The average Bonchev–Trinajstić information content (AvgIpc) is 2.59. The summed E-state index contributed by atoms with van der Waals surface area (Å²) in [6, 6.07) is 0. The molecule has 0 aliphatic heterocycles. The second-order valence-corrected chi connectivity index (χ2v) is 16.7. The molecule has 2 unspecified atom stereocenters. The minimum Gasteiger partial charge on any atom is -0.458 e. The van der Waals surface area contributed by atoms with Gasteiger partial charge in [-0.15, -0.1) is 0 Å². The standard InChI is InChI=1S/C31H52O8/c1-24(2,3)28(13,25(4,5)6)21(32)35-29-14-20-15-30(17-29,38-22(33)36-26(7,8)9)19-31(16-20,18-29)39-23(34)37-27(10,11)12/h20H,14-19H2,1-13H3. The minimum absolute atomic E-state index is 0.0365. The Bertz CT molecular complexity index is 924. The zero-order valence-corrected chi connectivity index (χ0v) is 26.6. The lowest BCUT2D eigenvalue weighted by atomic mass is 9.50. The van der Waals surface area contributed by atoms with Crippen molar-refractivity contribution >= 4 is 18.3 Å². The van der Waals surface area contributed by atoms with E-state index in [1.165, 1.54) is 0 Å². The normalized spacial score (nSPS) is 30.9. The van der Waals surface area contributed by atoms with E-state index in [9.17, 15) is 14.4 Å². The van der Waals surface area contributed by atoms with E-state index >= 15 is 0 Å². The first-order valence-electron chi connectivity index (χ1n) is 14.3. The molecule has 8 nitrogen and oxygen atoms in total. The van der Waals surface area contributed by atoms with Crippen molar-refractivity contribution in [1.82, 2.24) is 0 Å². The van der Waals surface area contributed by atoms with Crippen LogP contribution in [0.2, 0.25) is 0 Å². The van der Waals surface area contributed by atoms with Gasteiger partial charge >= 0.3 is 18.3 Å². The highest BCUT2D eigenvalue weighted by molar-refractivity contribution is 5.79. The molecule has 0 saturated heterocycles. The van der Waals surface area contributed by atoms with Crippen LogP contribution in [0.4, 0.5) is 9.59 Å². The highest BCUT2D eigenvalue weighted by atomic mass is 16.8. The van der Waals surface area contributed by atoms with E-state index in [1.54, 1.807) is 41.5 Å². The van der Waals surface area contributed by atoms with Crippen molar-refractivity contribution in [1.29, 1.82) is 0 Å². The van der Waals surface area contributed by atoms with Crippen molar-refractivity contribution in [3.63, 3.8) is 0 Å². The number of rotatable bonds is 4. The maximum absolute atomic E-state index is 14.2. The van der Waals surface area contributed by atoms with E-state index in [0.717, 1.165) is 0 Å². The van der Waals surface area contributed by atoms with Crippen molar-refractivity contribution in [3.8, 4) is 0 Å². The average molecular weight is 553 g/mol. The Hall–Kier alpha value is -1.99. The van der Waals surface area contributed by atoms with Crippen molar-refractivity contribution in [3.05, 3.63) is 0 Å². The molecule has 0 spiro atoms. The molecule has 4 aliphatic rings. The van der Waals surface area contributed by atoms with Gasteiger partial charge in [0.05, 0.1) is 5.41 Å². The number of carbonyl (C=O) groups is 3. The van der Waals surface area contributed by atoms with E-state index in [1.807, 2.05) is 6.92 Å². The molecule has 4 bridgehead atoms. The molecule has 0 N–H and O–H groups in total. The van der Waals surface area contributed by atoms with Crippen LogP contribution >= 0.6 is 0 Å². The molecular formula is C31H52O8. The van der Waals surface area contributed by atoms with Crippen molar-refractivity contribution in [2.75, 3.05) is 0 Å². The van der Waals surface area contributed by atoms with Crippen molar-refractivity contribution < 1.29 is 38.1 Å². The topological polar surface area (TPSA) is 97.4 Å². The predicted octanol–water partition coefficient (Wildman–Crippen LogP) is 7.75. The fourth-order valence-corrected chi connectivity index (χ4v) is 7.45. The van der Waals surface area contributed by atoms with E-state index < -0.39 is 45.7 Å². The van der Waals surface area contributed by atoms with Crippen LogP contribution in [-0.2, 0) is 28.5 Å². The molecule has 0 aromatic rings. The highest BCUT2D eigenvalue weighted by Gasteiger charge is 2.70. The number of carbonyl (C=O) groups excluding carboxylic acids is 3. The largest absolute Gasteiger partial charge is 0.509 e. The zero-order valence-electron chi connectivity index (χ0n) is 26.6. The van der Waals surface area contributed by atoms with Crippen LogP contribution in [0.15, 0.2) is 0 Å². The van der Waals surface area contributed by atoms with Crippen LogP contribution < -0.4 is 0 Å². The Morgan fingerprint density at radius 3 is 1.13 bits per heavy atom. The summed E-state index contributed by atoms with van der Waals surface area (Å²) in [5.74, 6) is -0.251. The van der Waals surface area contributed by atoms with Crippen molar-refractivity contribution in [2.45, 2.75) is 157 Å². The van der Waals surface area contributed by atoms with Gasteiger partial charge in [-0.3, -0.25) is 4.79 Å². The third kappa shape index (κ3) is 6.51. The molecular weight excluding hydrogens is 500 g/mol. The molecule has 224 valence electrons. The fraction of sp³-hybridized carbons (Fsp3) is 0.903. The highest BCUT2D eigenvalue weighted by Crippen LogP contribution is 2.64. The van der Waals surface area contributed by atoms with Crippen LogP contribution in [0.5, 0.6) is 0 Å². The number of hydrogen-bond acceptors (Lipinski definition) is 8. The molecule has 4 fully saturated rings. The predicted molar refractivity (Wildman–Crippen MR) is 147 cm³/mol. The first kappa shape index (κ1) is 31.5. The van der Waals surface area contributed by atoms with Gasteiger partial charge in [0.25, 0.3) is 0 Å². The maximum Gasteiger partial charge on any atom is 0.509 e. The zero-order chi connectivity index (χ0) is 30.1. The van der Waals surface area contributed by atoms with Gasteiger partial charge in [-0.25, -0.2) is 9.59 Å². The van der Waals surface area contributed by atoms with Gasteiger partial charge in [0.15, 0.2) is 0 Å². The summed E-state index contributed by atoms with van der Waals surface area (Å²) in [5.41, 5.74) is -5.96. The van der Waals surface area contributed by atoms with E-state index in [-0.39, 0.29) is 22.7 Å². The third-order valence-corrected chi connectivity index (χ3v) is 9.01. The lowest BCUT2D eigenvalue weighted by Crippen LogP contribution is -2.69. The lowest BCUT2D eigenvalue weighted by molar-refractivity contribution is -0.273. The van der Waals surface area contributed by atoms with Crippen LogP contribution in [0, 0.1) is 22.2 Å². The van der Waals surface area contributed by atoms with E-state index in [2.05, 4.69) is 41.5 Å². The molecule has 8 heteroatoms.